The van der Waals surface area contributed by atoms with Crippen molar-refractivity contribution < 1.29 is 5.11 Å². The van der Waals surface area contributed by atoms with Gasteiger partial charge in [0.1, 0.15) is 0 Å². The number of hydrogen-bond donors (Lipinski definition) is 1. The molecule has 1 aromatic rings. The third kappa shape index (κ3) is 4.69. The first kappa shape index (κ1) is 12.2. The molecular formula is C12H20O. The minimum Gasteiger partial charge on any atom is -0.396 e. The van der Waals surface area contributed by atoms with Gasteiger partial charge < -0.3 is 5.11 Å². The highest BCUT2D eigenvalue weighted by molar-refractivity contribution is 5.23. The molecule has 0 saturated heterocycles. The maximum Gasteiger partial charge on any atom is 0.0471 e. The standard InChI is InChI=1S/C10H14O.C2H6/c1-2-9-4-3-5-10(8-9)6-7-11;1-2/h3-5,8,11H,2,6-7H2,1H3;1-2H3. The fourth-order valence-corrected chi connectivity index (χ4v) is 1.13. The van der Waals surface area contributed by atoms with Crippen LogP contribution in [0.2, 0.25) is 0 Å². The summed E-state index contributed by atoms with van der Waals surface area (Å²) in [5.74, 6) is 0. The molecule has 0 heterocycles. The Morgan fingerprint density at radius 1 is 1.15 bits per heavy atom. The van der Waals surface area contributed by atoms with Crippen LogP contribution in [0.25, 0.3) is 0 Å². The predicted octanol–water partition coefficient (Wildman–Crippen LogP) is 2.81. The van der Waals surface area contributed by atoms with E-state index < -0.39 is 0 Å². The van der Waals surface area contributed by atoms with Crippen molar-refractivity contribution in [3.63, 3.8) is 0 Å². The van der Waals surface area contributed by atoms with E-state index in [0.717, 1.165) is 12.8 Å². The van der Waals surface area contributed by atoms with Gasteiger partial charge in [-0.2, -0.15) is 0 Å². The zero-order valence-electron chi connectivity index (χ0n) is 8.88. The fourth-order valence-electron chi connectivity index (χ4n) is 1.13. The van der Waals surface area contributed by atoms with Gasteiger partial charge in [0.05, 0.1) is 0 Å². The molecule has 1 rings (SSSR count). The molecule has 13 heavy (non-hydrogen) atoms. The smallest absolute Gasteiger partial charge is 0.0471 e. The molecule has 0 aromatic heterocycles. The Morgan fingerprint density at radius 3 is 2.31 bits per heavy atom. The lowest BCUT2D eigenvalue weighted by Crippen LogP contribution is -1.91. The topological polar surface area (TPSA) is 20.2 Å². The first-order valence-corrected chi connectivity index (χ1v) is 5.05. The highest BCUT2D eigenvalue weighted by Gasteiger charge is 1.92. The Kier molecular flexibility index (Phi) is 7.32. The SMILES string of the molecule is CC.CCc1cccc(CCO)c1. The molecule has 1 N–H and O–H groups in total. The maximum absolute atomic E-state index is 8.68. The van der Waals surface area contributed by atoms with Gasteiger partial charge in [0.15, 0.2) is 0 Å². The zero-order chi connectivity index (χ0) is 10.1. The van der Waals surface area contributed by atoms with E-state index in [1.807, 2.05) is 19.9 Å². The molecule has 74 valence electrons. The van der Waals surface area contributed by atoms with Crippen LogP contribution < -0.4 is 0 Å². The minimum absolute atomic E-state index is 0.243. The lowest BCUT2D eigenvalue weighted by atomic mass is 10.1. The second-order valence-electron chi connectivity index (χ2n) is 2.65. The summed E-state index contributed by atoms with van der Waals surface area (Å²) in [6.07, 6.45) is 1.84. The van der Waals surface area contributed by atoms with Crippen LogP contribution in [0.15, 0.2) is 24.3 Å². The maximum atomic E-state index is 8.68. The summed E-state index contributed by atoms with van der Waals surface area (Å²) >= 11 is 0. The normalized spacial score (nSPS) is 8.92. The number of aliphatic hydroxyl groups is 1. The Hall–Kier alpha value is -0.820. The summed E-state index contributed by atoms with van der Waals surface area (Å²) in [6.45, 7) is 6.38. The van der Waals surface area contributed by atoms with E-state index in [1.54, 1.807) is 0 Å². The molecule has 0 spiro atoms. The molecule has 0 fully saturated rings. The molecule has 0 aliphatic rings. The Morgan fingerprint density at radius 2 is 1.77 bits per heavy atom. The average molecular weight is 180 g/mol. The second-order valence-corrected chi connectivity index (χ2v) is 2.65. The van der Waals surface area contributed by atoms with Crippen LogP contribution in [0.3, 0.4) is 0 Å². The molecule has 0 aliphatic heterocycles. The molecule has 1 nitrogen and oxygen atoms in total. The molecule has 0 amide bonds. The van der Waals surface area contributed by atoms with Crippen molar-refractivity contribution >= 4 is 0 Å². The summed E-state index contributed by atoms with van der Waals surface area (Å²) < 4.78 is 0. The van der Waals surface area contributed by atoms with Gasteiger partial charge in [0.2, 0.25) is 0 Å². The molecule has 0 bridgehead atoms. The lowest BCUT2D eigenvalue weighted by molar-refractivity contribution is 0.299. The van der Waals surface area contributed by atoms with Gasteiger partial charge in [0, 0.05) is 6.61 Å². The predicted molar refractivity (Wildman–Crippen MR) is 58.0 cm³/mol. The van der Waals surface area contributed by atoms with Crippen LogP contribution in [0, 0.1) is 0 Å². The average Bonchev–Trinajstić information content (AvgIpc) is 2.22. The van der Waals surface area contributed by atoms with E-state index in [2.05, 4.69) is 25.1 Å². The van der Waals surface area contributed by atoms with Crippen molar-refractivity contribution in [1.82, 2.24) is 0 Å². The Balaban J connectivity index is 0.000000671. The third-order valence-electron chi connectivity index (χ3n) is 1.80. The van der Waals surface area contributed by atoms with Gasteiger partial charge in [-0.3, -0.25) is 0 Å². The highest BCUT2D eigenvalue weighted by Crippen LogP contribution is 2.05. The van der Waals surface area contributed by atoms with E-state index in [9.17, 15) is 0 Å². The van der Waals surface area contributed by atoms with Gasteiger partial charge in [-0.05, 0) is 24.0 Å². The van der Waals surface area contributed by atoms with E-state index in [-0.39, 0.29) is 6.61 Å². The number of rotatable bonds is 3. The van der Waals surface area contributed by atoms with E-state index in [1.165, 1.54) is 11.1 Å². The van der Waals surface area contributed by atoms with Crippen LogP contribution in [0.5, 0.6) is 0 Å². The molecular weight excluding hydrogens is 160 g/mol. The number of aryl methyl sites for hydroxylation is 1. The van der Waals surface area contributed by atoms with E-state index in [4.69, 9.17) is 5.11 Å². The zero-order valence-corrected chi connectivity index (χ0v) is 8.88. The van der Waals surface area contributed by atoms with Crippen molar-refractivity contribution in [1.29, 1.82) is 0 Å². The van der Waals surface area contributed by atoms with Gasteiger partial charge in [-0.25, -0.2) is 0 Å². The molecule has 0 radical (unpaired) electrons. The highest BCUT2D eigenvalue weighted by atomic mass is 16.2. The van der Waals surface area contributed by atoms with Gasteiger partial charge >= 0.3 is 0 Å². The molecule has 0 atom stereocenters. The number of aliphatic hydroxyl groups excluding tert-OH is 1. The van der Waals surface area contributed by atoms with Crippen LogP contribution in [0.1, 0.15) is 31.9 Å². The first-order valence-electron chi connectivity index (χ1n) is 5.05. The number of benzene rings is 1. The second kappa shape index (κ2) is 7.81. The monoisotopic (exact) mass is 180 g/mol. The van der Waals surface area contributed by atoms with Crippen LogP contribution in [-0.4, -0.2) is 11.7 Å². The molecule has 0 aliphatic carbocycles. The van der Waals surface area contributed by atoms with Gasteiger partial charge in [-0.1, -0.05) is 45.0 Å². The van der Waals surface area contributed by atoms with Crippen molar-refractivity contribution in [3.05, 3.63) is 35.4 Å². The van der Waals surface area contributed by atoms with Gasteiger partial charge in [0.25, 0.3) is 0 Å². The molecule has 1 heteroatoms. The van der Waals surface area contributed by atoms with Crippen molar-refractivity contribution in [2.24, 2.45) is 0 Å². The van der Waals surface area contributed by atoms with Crippen molar-refractivity contribution in [3.8, 4) is 0 Å². The Labute approximate surface area is 81.4 Å². The molecule has 0 saturated carbocycles. The summed E-state index contributed by atoms with van der Waals surface area (Å²) in [4.78, 5) is 0. The molecule has 0 unspecified atom stereocenters. The van der Waals surface area contributed by atoms with Gasteiger partial charge in [-0.15, -0.1) is 0 Å². The minimum atomic E-state index is 0.243. The lowest BCUT2D eigenvalue weighted by Gasteiger charge is -2.00. The third-order valence-corrected chi connectivity index (χ3v) is 1.80. The van der Waals surface area contributed by atoms with Crippen LogP contribution in [-0.2, 0) is 12.8 Å². The first-order chi connectivity index (χ1) is 6.36. The summed E-state index contributed by atoms with van der Waals surface area (Å²) in [5, 5.41) is 8.68. The summed E-state index contributed by atoms with van der Waals surface area (Å²) in [6, 6.07) is 8.36. The van der Waals surface area contributed by atoms with E-state index >= 15 is 0 Å². The van der Waals surface area contributed by atoms with Crippen LogP contribution in [0.4, 0.5) is 0 Å². The summed E-state index contributed by atoms with van der Waals surface area (Å²) in [7, 11) is 0. The van der Waals surface area contributed by atoms with E-state index in [0.29, 0.717) is 0 Å². The summed E-state index contributed by atoms with van der Waals surface area (Å²) in [5.41, 5.74) is 2.57. The Bertz CT molecular complexity index is 218. The fraction of sp³-hybridized carbons (Fsp3) is 0.500. The van der Waals surface area contributed by atoms with Crippen LogP contribution >= 0.6 is 0 Å². The largest absolute Gasteiger partial charge is 0.396 e. The van der Waals surface area contributed by atoms with Crippen molar-refractivity contribution in [2.75, 3.05) is 6.61 Å². The number of hydrogen-bond acceptors (Lipinski definition) is 1. The molecule has 1 aromatic carbocycles. The quantitative estimate of drug-likeness (QED) is 0.758. The van der Waals surface area contributed by atoms with Crippen molar-refractivity contribution in [2.45, 2.75) is 33.6 Å².